The summed E-state index contributed by atoms with van der Waals surface area (Å²) in [6.45, 7) is 5.24. The van der Waals surface area contributed by atoms with Crippen molar-refractivity contribution in [3.05, 3.63) is 52.5 Å². The van der Waals surface area contributed by atoms with Gasteiger partial charge in [-0.15, -0.1) is 11.8 Å². The highest BCUT2D eigenvalue weighted by molar-refractivity contribution is 7.99. The fraction of sp³-hybridized carbons (Fsp3) is 0.435. The van der Waals surface area contributed by atoms with Gasteiger partial charge in [-0.1, -0.05) is 44.0 Å². The molecule has 2 aromatic rings. The van der Waals surface area contributed by atoms with Crippen molar-refractivity contribution in [2.45, 2.75) is 50.8 Å². The van der Waals surface area contributed by atoms with Gasteiger partial charge in [0.1, 0.15) is 11.5 Å². The minimum absolute atomic E-state index is 0.267. The van der Waals surface area contributed by atoms with Crippen molar-refractivity contribution in [3.63, 3.8) is 0 Å². The third-order valence-electron chi connectivity index (χ3n) is 4.37. The molecule has 0 radical (unpaired) electrons. The van der Waals surface area contributed by atoms with E-state index in [0.29, 0.717) is 30.3 Å². The third-order valence-corrected chi connectivity index (χ3v) is 5.96. The van der Waals surface area contributed by atoms with Gasteiger partial charge in [0.2, 0.25) is 0 Å². The molecule has 0 bridgehead atoms. The monoisotopic (exact) mass is 435 g/mol. The molecule has 158 valence electrons. The maximum Gasteiger partial charge on any atom is 0.310 e. The third kappa shape index (κ3) is 7.57. The number of benzene rings is 2. The highest BCUT2D eigenvalue weighted by Gasteiger charge is 2.09. The van der Waals surface area contributed by atoms with E-state index >= 15 is 0 Å². The van der Waals surface area contributed by atoms with Crippen LogP contribution in [0.25, 0.3) is 0 Å². The standard InChI is InChI=1S/C23H30ClNO3S/c1-3-7-19-17(12-13-25)8-5-9-21(19)27-14-6-15-29-22-11-10-18(16-20(22)24)28-23(26)4-2/h5,8-11,16H,3-4,6-7,12-15,25H2,1-2H3. The zero-order valence-corrected chi connectivity index (χ0v) is 18.8. The molecule has 0 fully saturated rings. The molecule has 0 heterocycles. The molecule has 0 atom stereocenters. The number of nitrogens with two attached hydrogens (primary N) is 1. The SMILES string of the molecule is CCCc1c(CCN)cccc1OCCCSc1ccc(OC(=O)CC)cc1Cl. The molecule has 6 heteroatoms. The Bertz CT molecular complexity index is 798. The van der Waals surface area contributed by atoms with Crippen LogP contribution in [0.1, 0.15) is 44.2 Å². The van der Waals surface area contributed by atoms with Gasteiger partial charge >= 0.3 is 5.97 Å². The Hall–Kier alpha value is -1.69. The largest absolute Gasteiger partial charge is 0.493 e. The van der Waals surface area contributed by atoms with E-state index in [0.717, 1.165) is 42.1 Å². The van der Waals surface area contributed by atoms with Crippen LogP contribution in [-0.2, 0) is 17.6 Å². The molecule has 0 unspecified atom stereocenters. The topological polar surface area (TPSA) is 61.6 Å². The van der Waals surface area contributed by atoms with Gasteiger partial charge in [-0.05, 0) is 55.1 Å². The van der Waals surface area contributed by atoms with Crippen molar-refractivity contribution in [3.8, 4) is 11.5 Å². The van der Waals surface area contributed by atoms with Crippen LogP contribution in [0.4, 0.5) is 0 Å². The van der Waals surface area contributed by atoms with Crippen LogP contribution in [-0.4, -0.2) is 24.9 Å². The summed E-state index contributed by atoms with van der Waals surface area (Å²) in [5, 5.41) is 0.594. The lowest BCUT2D eigenvalue weighted by Gasteiger charge is -2.15. The summed E-state index contributed by atoms with van der Waals surface area (Å²) in [6, 6.07) is 11.6. The van der Waals surface area contributed by atoms with Gasteiger partial charge in [-0.2, -0.15) is 0 Å². The Kier molecular flexibility index (Phi) is 10.4. The lowest BCUT2D eigenvalue weighted by atomic mass is 9.99. The van der Waals surface area contributed by atoms with Crippen molar-refractivity contribution in [1.82, 2.24) is 0 Å². The highest BCUT2D eigenvalue weighted by atomic mass is 35.5. The molecule has 2 N–H and O–H groups in total. The quantitative estimate of drug-likeness (QED) is 0.201. The van der Waals surface area contributed by atoms with Crippen LogP contribution < -0.4 is 15.2 Å². The fourth-order valence-electron chi connectivity index (χ4n) is 2.96. The van der Waals surface area contributed by atoms with E-state index in [1.807, 2.05) is 18.2 Å². The van der Waals surface area contributed by atoms with E-state index in [-0.39, 0.29) is 5.97 Å². The van der Waals surface area contributed by atoms with Crippen molar-refractivity contribution in [1.29, 1.82) is 0 Å². The first kappa shape index (κ1) is 23.6. The Labute approximate surface area is 183 Å². The first-order chi connectivity index (χ1) is 14.1. The van der Waals surface area contributed by atoms with E-state index in [4.69, 9.17) is 26.8 Å². The molecule has 0 saturated heterocycles. The van der Waals surface area contributed by atoms with Crippen LogP contribution in [0, 0.1) is 0 Å². The molecule has 2 aromatic carbocycles. The normalized spacial score (nSPS) is 10.8. The second-order valence-electron chi connectivity index (χ2n) is 6.65. The van der Waals surface area contributed by atoms with Crippen LogP contribution in [0.15, 0.2) is 41.3 Å². The zero-order chi connectivity index (χ0) is 21.1. The molecule has 0 aliphatic heterocycles. The summed E-state index contributed by atoms with van der Waals surface area (Å²) in [5.74, 6) is 2.08. The molecular formula is C23H30ClNO3S. The Morgan fingerprint density at radius 1 is 1.17 bits per heavy atom. The van der Waals surface area contributed by atoms with Gasteiger partial charge in [0.05, 0.1) is 11.6 Å². The Morgan fingerprint density at radius 3 is 2.69 bits per heavy atom. The molecule has 0 amide bonds. The van der Waals surface area contributed by atoms with Crippen molar-refractivity contribution in [2.75, 3.05) is 18.9 Å². The average molecular weight is 436 g/mol. The van der Waals surface area contributed by atoms with Crippen LogP contribution >= 0.6 is 23.4 Å². The number of ether oxygens (including phenoxy) is 2. The van der Waals surface area contributed by atoms with Gasteiger partial charge in [0.15, 0.2) is 0 Å². The van der Waals surface area contributed by atoms with Gasteiger partial charge in [0.25, 0.3) is 0 Å². The lowest BCUT2D eigenvalue weighted by Crippen LogP contribution is -2.08. The van der Waals surface area contributed by atoms with E-state index in [9.17, 15) is 4.79 Å². The number of carbonyl (C=O) groups is 1. The Balaban J connectivity index is 1.84. The van der Waals surface area contributed by atoms with Crippen LogP contribution in [0.5, 0.6) is 11.5 Å². The van der Waals surface area contributed by atoms with E-state index in [2.05, 4.69) is 13.0 Å². The summed E-state index contributed by atoms with van der Waals surface area (Å²) in [7, 11) is 0. The molecule has 2 rings (SSSR count). The molecule has 0 saturated carbocycles. The van der Waals surface area contributed by atoms with Gasteiger partial charge in [-0.3, -0.25) is 4.79 Å². The van der Waals surface area contributed by atoms with Crippen molar-refractivity contribution in [2.24, 2.45) is 5.73 Å². The number of esters is 1. The minimum atomic E-state index is -0.267. The number of halogens is 1. The molecule has 4 nitrogen and oxygen atoms in total. The molecule has 0 spiro atoms. The number of thioether (sulfide) groups is 1. The van der Waals surface area contributed by atoms with Crippen molar-refractivity contribution >= 4 is 29.3 Å². The van der Waals surface area contributed by atoms with Gasteiger partial charge in [-0.25, -0.2) is 0 Å². The summed E-state index contributed by atoms with van der Waals surface area (Å²) < 4.78 is 11.3. The molecule has 0 aliphatic rings. The van der Waals surface area contributed by atoms with Crippen molar-refractivity contribution < 1.29 is 14.3 Å². The predicted molar refractivity (Wildman–Crippen MR) is 121 cm³/mol. The highest BCUT2D eigenvalue weighted by Crippen LogP contribution is 2.31. The first-order valence-corrected chi connectivity index (χ1v) is 11.5. The fourth-order valence-corrected chi connectivity index (χ4v) is 4.14. The summed E-state index contributed by atoms with van der Waals surface area (Å²) in [6.07, 6.45) is 4.20. The minimum Gasteiger partial charge on any atom is -0.493 e. The first-order valence-electron chi connectivity index (χ1n) is 10.2. The second kappa shape index (κ2) is 12.8. The average Bonchev–Trinajstić information content (AvgIpc) is 2.71. The molecular weight excluding hydrogens is 406 g/mol. The lowest BCUT2D eigenvalue weighted by molar-refractivity contribution is -0.134. The smallest absolute Gasteiger partial charge is 0.310 e. The van der Waals surface area contributed by atoms with Crippen LogP contribution in [0.3, 0.4) is 0 Å². The second-order valence-corrected chi connectivity index (χ2v) is 8.20. The summed E-state index contributed by atoms with van der Waals surface area (Å²) >= 11 is 7.99. The van der Waals surface area contributed by atoms with Gasteiger partial charge in [0, 0.05) is 23.1 Å². The maximum atomic E-state index is 11.4. The zero-order valence-electron chi connectivity index (χ0n) is 17.2. The van der Waals surface area contributed by atoms with Gasteiger partial charge < -0.3 is 15.2 Å². The molecule has 29 heavy (non-hydrogen) atoms. The predicted octanol–water partition coefficient (Wildman–Crippen LogP) is 5.67. The number of hydrogen-bond donors (Lipinski definition) is 1. The molecule has 0 aliphatic carbocycles. The summed E-state index contributed by atoms with van der Waals surface area (Å²) in [5.41, 5.74) is 8.32. The molecule has 0 aromatic heterocycles. The Morgan fingerprint density at radius 2 is 2.00 bits per heavy atom. The van der Waals surface area contributed by atoms with Crippen LogP contribution in [0.2, 0.25) is 5.02 Å². The van der Waals surface area contributed by atoms with E-state index in [1.54, 1.807) is 30.8 Å². The number of rotatable bonds is 12. The van der Waals surface area contributed by atoms with E-state index < -0.39 is 0 Å². The van der Waals surface area contributed by atoms with E-state index in [1.165, 1.54) is 11.1 Å². The number of carbonyl (C=O) groups excluding carboxylic acids is 1. The summed E-state index contributed by atoms with van der Waals surface area (Å²) in [4.78, 5) is 12.3. The number of hydrogen-bond acceptors (Lipinski definition) is 5. The maximum absolute atomic E-state index is 11.4.